The lowest BCUT2D eigenvalue weighted by Crippen LogP contribution is -2.11. The zero-order chi connectivity index (χ0) is 14.8. The predicted octanol–water partition coefficient (Wildman–Crippen LogP) is 4.76. The maximum atomic E-state index is 12.3. The first kappa shape index (κ1) is 15.9. The molecule has 0 bridgehead atoms. The second-order valence-corrected chi connectivity index (χ2v) is 6.09. The molecular weight excluding hydrogens is 404 g/mol. The fraction of sp³-hybridized carbons (Fsp3) is 0.462. The summed E-state index contributed by atoms with van der Waals surface area (Å²) in [4.78, 5) is 4.47. The first-order valence-electron chi connectivity index (χ1n) is 6.18. The fourth-order valence-corrected chi connectivity index (χ4v) is 2.76. The van der Waals surface area contributed by atoms with Gasteiger partial charge in [-0.15, -0.1) is 11.6 Å². The molecule has 0 fully saturated rings. The molecule has 1 aromatic carbocycles. The molecule has 0 unspecified atom stereocenters. The molecule has 0 atom stereocenters. The van der Waals surface area contributed by atoms with Crippen LogP contribution in [-0.4, -0.2) is 21.6 Å². The van der Waals surface area contributed by atoms with Gasteiger partial charge in [-0.3, -0.25) is 0 Å². The van der Waals surface area contributed by atoms with Gasteiger partial charge in [0, 0.05) is 28.8 Å². The van der Waals surface area contributed by atoms with Crippen LogP contribution in [-0.2, 0) is 13.0 Å². The Hall–Kier alpha value is -0.500. The lowest BCUT2D eigenvalue weighted by Gasteiger charge is -2.10. The molecule has 7 heteroatoms. The van der Waals surface area contributed by atoms with Gasteiger partial charge in [-0.05, 0) is 47.2 Å². The largest absolute Gasteiger partial charge is 0.389 e. The fourth-order valence-electron chi connectivity index (χ4n) is 2.12. The smallest absolute Gasteiger partial charge is 0.328 e. The average Bonchev–Trinajstić information content (AvgIpc) is 2.65. The molecule has 0 radical (unpaired) electrons. The summed E-state index contributed by atoms with van der Waals surface area (Å²) in [5, 5.41) is 0. The van der Waals surface area contributed by atoms with E-state index in [-0.39, 0.29) is 6.42 Å². The number of alkyl halides is 4. The van der Waals surface area contributed by atoms with E-state index in [0.717, 1.165) is 20.4 Å². The summed E-state index contributed by atoms with van der Waals surface area (Å²) in [6, 6.07) is 5.75. The number of rotatable bonds is 5. The topological polar surface area (TPSA) is 17.8 Å². The predicted molar refractivity (Wildman–Crippen MR) is 82.2 cm³/mol. The van der Waals surface area contributed by atoms with E-state index in [1.165, 1.54) is 0 Å². The van der Waals surface area contributed by atoms with Gasteiger partial charge in [-0.2, -0.15) is 13.2 Å². The Labute approximate surface area is 133 Å². The van der Waals surface area contributed by atoms with E-state index in [9.17, 15) is 13.2 Å². The number of benzene rings is 1. The van der Waals surface area contributed by atoms with E-state index in [4.69, 9.17) is 11.6 Å². The van der Waals surface area contributed by atoms with E-state index >= 15 is 0 Å². The van der Waals surface area contributed by atoms with Crippen molar-refractivity contribution in [1.82, 2.24) is 9.55 Å². The van der Waals surface area contributed by atoms with Gasteiger partial charge in [0.15, 0.2) is 0 Å². The summed E-state index contributed by atoms with van der Waals surface area (Å²) < 4.78 is 39.7. The molecule has 0 aliphatic rings. The number of nitrogens with zero attached hydrogens (tertiary/aromatic N) is 2. The molecule has 2 nitrogen and oxygen atoms in total. The van der Waals surface area contributed by atoms with Gasteiger partial charge in [0.05, 0.1) is 11.0 Å². The van der Waals surface area contributed by atoms with Crippen molar-refractivity contribution >= 4 is 45.2 Å². The molecule has 0 saturated carbocycles. The Balaban J connectivity index is 2.26. The highest BCUT2D eigenvalue weighted by Gasteiger charge is 2.26. The number of fused-ring (bicyclic) bond motifs is 1. The number of halogens is 5. The van der Waals surface area contributed by atoms with E-state index in [0.29, 0.717) is 18.8 Å². The molecule has 110 valence electrons. The minimum atomic E-state index is -4.11. The second-order valence-electron chi connectivity index (χ2n) is 4.47. The van der Waals surface area contributed by atoms with Gasteiger partial charge in [0.25, 0.3) is 0 Å². The number of aryl methyl sites for hydroxylation is 2. The first-order valence-corrected chi connectivity index (χ1v) is 7.79. The van der Waals surface area contributed by atoms with Crippen LogP contribution in [0.15, 0.2) is 18.2 Å². The number of imidazole rings is 1. The van der Waals surface area contributed by atoms with Crippen LogP contribution in [0, 0.1) is 3.57 Å². The summed E-state index contributed by atoms with van der Waals surface area (Å²) in [5.74, 6) is 1.15. The number of hydrogen-bond donors (Lipinski definition) is 0. The monoisotopic (exact) mass is 416 g/mol. The Kier molecular flexibility index (Phi) is 5.17. The maximum absolute atomic E-state index is 12.3. The molecule has 0 saturated heterocycles. The van der Waals surface area contributed by atoms with Crippen LogP contribution in [0.5, 0.6) is 0 Å². The summed E-state index contributed by atoms with van der Waals surface area (Å²) in [7, 11) is 0. The average molecular weight is 417 g/mol. The molecule has 1 heterocycles. The SMILES string of the molecule is FC(F)(F)CCCn1c(CCCl)nc2cc(I)ccc21. The summed E-state index contributed by atoms with van der Waals surface area (Å²) in [6.45, 7) is 0.308. The zero-order valence-electron chi connectivity index (χ0n) is 10.6. The number of hydrogen-bond acceptors (Lipinski definition) is 1. The van der Waals surface area contributed by atoms with E-state index in [2.05, 4.69) is 27.6 Å². The Morgan fingerprint density at radius 2 is 2.05 bits per heavy atom. The van der Waals surface area contributed by atoms with E-state index in [1.807, 2.05) is 22.8 Å². The molecule has 2 aromatic rings. The van der Waals surface area contributed by atoms with Crippen molar-refractivity contribution in [3.05, 3.63) is 27.6 Å². The van der Waals surface area contributed by atoms with Crippen molar-refractivity contribution in [1.29, 1.82) is 0 Å². The third-order valence-corrected chi connectivity index (χ3v) is 3.81. The van der Waals surface area contributed by atoms with Crippen molar-refractivity contribution in [2.75, 3.05) is 5.88 Å². The molecule has 0 amide bonds. The summed E-state index contributed by atoms with van der Waals surface area (Å²) in [5.41, 5.74) is 1.68. The highest BCUT2D eigenvalue weighted by Crippen LogP contribution is 2.24. The Morgan fingerprint density at radius 3 is 2.70 bits per heavy atom. The lowest BCUT2D eigenvalue weighted by molar-refractivity contribution is -0.135. The maximum Gasteiger partial charge on any atom is 0.389 e. The third-order valence-electron chi connectivity index (χ3n) is 2.95. The molecule has 2 rings (SSSR count). The van der Waals surface area contributed by atoms with Crippen molar-refractivity contribution in [2.24, 2.45) is 0 Å². The lowest BCUT2D eigenvalue weighted by atomic mass is 10.2. The standard InChI is InChI=1S/C13H13ClF3IN2/c14-6-4-12-19-10-8-9(18)2-3-11(10)20(12)7-1-5-13(15,16)17/h2-3,8H,1,4-7H2. The zero-order valence-corrected chi connectivity index (χ0v) is 13.5. The van der Waals surface area contributed by atoms with Gasteiger partial charge < -0.3 is 4.57 Å². The van der Waals surface area contributed by atoms with Crippen LogP contribution in [0.1, 0.15) is 18.7 Å². The van der Waals surface area contributed by atoms with Gasteiger partial charge >= 0.3 is 6.18 Å². The minimum absolute atomic E-state index is 0.0518. The van der Waals surface area contributed by atoms with Gasteiger partial charge in [0.1, 0.15) is 5.82 Å². The van der Waals surface area contributed by atoms with Crippen LogP contribution >= 0.6 is 34.2 Å². The molecule has 0 aliphatic heterocycles. The summed E-state index contributed by atoms with van der Waals surface area (Å²) >= 11 is 7.92. The van der Waals surface area contributed by atoms with Crippen molar-refractivity contribution < 1.29 is 13.2 Å². The normalized spacial score (nSPS) is 12.2. The Bertz CT molecular complexity index is 595. The van der Waals surface area contributed by atoms with Crippen LogP contribution in [0.25, 0.3) is 11.0 Å². The van der Waals surface area contributed by atoms with E-state index < -0.39 is 12.6 Å². The quantitative estimate of drug-likeness (QED) is 0.507. The molecule has 0 aliphatic carbocycles. The molecule has 20 heavy (non-hydrogen) atoms. The molecule has 1 aromatic heterocycles. The highest BCUT2D eigenvalue weighted by molar-refractivity contribution is 14.1. The number of aromatic nitrogens is 2. The van der Waals surface area contributed by atoms with Crippen molar-refractivity contribution in [3.63, 3.8) is 0 Å². The van der Waals surface area contributed by atoms with E-state index in [1.54, 1.807) is 0 Å². The van der Waals surface area contributed by atoms with Crippen molar-refractivity contribution in [3.8, 4) is 0 Å². The van der Waals surface area contributed by atoms with Crippen LogP contribution in [0.4, 0.5) is 13.2 Å². The molecular formula is C13H13ClF3IN2. The van der Waals surface area contributed by atoms with Gasteiger partial charge in [-0.1, -0.05) is 0 Å². The van der Waals surface area contributed by atoms with Crippen LogP contribution < -0.4 is 0 Å². The van der Waals surface area contributed by atoms with Crippen LogP contribution in [0.3, 0.4) is 0 Å². The second kappa shape index (κ2) is 6.51. The van der Waals surface area contributed by atoms with Gasteiger partial charge in [0.2, 0.25) is 0 Å². The van der Waals surface area contributed by atoms with Gasteiger partial charge in [-0.25, -0.2) is 4.98 Å². The summed E-state index contributed by atoms with van der Waals surface area (Å²) in [6.07, 6.45) is -4.29. The molecule has 0 spiro atoms. The first-order chi connectivity index (χ1) is 9.40. The van der Waals surface area contributed by atoms with Crippen LogP contribution in [0.2, 0.25) is 0 Å². The third kappa shape index (κ3) is 4.00. The van der Waals surface area contributed by atoms with Crippen molar-refractivity contribution in [2.45, 2.75) is 32.0 Å². The Morgan fingerprint density at radius 1 is 1.30 bits per heavy atom. The highest BCUT2D eigenvalue weighted by atomic mass is 127. The molecule has 0 N–H and O–H groups in total. The minimum Gasteiger partial charge on any atom is -0.328 e.